The first-order valence-corrected chi connectivity index (χ1v) is 10.8. The van der Waals surface area contributed by atoms with E-state index >= 15 is 0 Å². The van der Waals surface area contributed by atoms with E-state index in [2.05, 4.69) is 42.6 Å². The molecule has 0 aliphatic carbocycles. The molecular weight excluding hydrogens is 418 g/mol. The van der Waals surface area contributed by atoms with Crippen LogP contribution in [0.15, 0.2) is 60.9 Å². The van der Waals surface area contributed by atoms with Crippen LogP contribution in [0.4, 0.5) is 23.3 Å². The van der Waals surface area contributed by atoms with Crippen molar-refractivity contribution in [3.05, 3.63) is 66.5 Å². The maximum Gasteiger partial charge on any atom is 0.238 e. The first kappa shape index (κ1) is 22.2. The van der Waals surface area contributed by atoms with Gasteiger partial charge in [0.05, 0.1) is 18.8 Å². The molecule has 9 nitrogen and oxygen atoms in total. The van der Waals surface area contributed by atoms with Crippen molar-refractivity contribution >= 4 is 29.2 Å². The lowest BCUT2D eigenvalue weighted by molar-refractivity contribution is -0.115. The predicted molar refractivity (Wildman–Crippen MR) is 125 cm³/mol. The van der Waals surface area contributed by atoms with Crippen molar-refractivity contribution in [3.63, 3.8) is 0 Å². The smallest absolute Gasteiger partial charge is 0.238 e. The van der Waals surface area contributed by atoms with E-state index in [9.17, 15) is 4.79 Å². The summed E-state index contributed by atoms with van der Waals surface area (Å²) in [6, 6.07) is 19.2. The largest absolute Gasteiger partial charge is 0.373 e. The topological polar surface area (TPSA) is 116 Å². The number of nitrogens with one attached hydrogen (secondary N) is 2. The number of carbonyl (C=O) groups excluding carboxylic acids is 1. The molecule has 0 spiro atoms. The van der Waals surface area contributed by atoms with Gasteiger partial charge in [0.15, 0.2) is 0 Å². The van der Waals surface area contributed by atoms with Crippen LogP contribution in [-0.4, -0.2) is 40.1 Å². The number of carbonyl (C=O) groups is 1. The van der Waals surface area contributed by atoms with Gasteiger partial charge in [0, 0.05) is 24.5 Å². The third-order valence-electron chi connectivity index (χ3n) is 5.25. The normalized spacial score (nSPS) is 13.8. The van der Waals surface area contributed by atoms with Gasteiger partial charge in [0.1, 0.15) is 12.7 Å². The molecule has 2 aromatic carbocycles. The zero-order chi connectivity index (χ0) is 22.9. The third-order valence-corrected chi connectivity index (χ3v) is 5.25. The average molecular weight is 444 g/mol. The van der Waals surface area contributed by atoms with Crippen molar-refractivity contribution in [3.8, 4) is 6.07 Å². The Kier molecular flexibility index (Phi) is 7.40. The number of piperidine rings is 1. The van der Waals surface area contributed by atoms with Crippen LogP contribution in [0.5, 0.6) is 0 Å². The summed E-state index contributed by atoms with van der Waals surface area (Å²) in [4.78, 5) is 26.9. The number of nitrogens with zero attached hydrogens (tertiary/aromatic N) is 5. The van der Waals surface area contributed by atoms with Gasteiger partial charge < -0.3 is 20.3 Å². The highest BCUT2D eigenvalue weighted by molar-refractivity contribution is 5.92. The number of ether oxygens (including phenoxy) is 1. The van der Waals surface area contributed by atoms with Crippen molar-refractivity contribution in [2.45, 2.75) is 32.0 Å². The second-order valence-corrected chi connectivity index (χ2v) is 7.68. The van der Waals surface area contributed by atoms with Crippen LogP contribution in [0.3, 0.4) is 0 Å². The van der Waals surface area contributed by atoms with Gasteiger partial charge in [-0.1, -0.05) is 36.4 Å². The van der Waals surface area contributed by atoms with E-state index in [0.29, 0.717) is 24.2 Å². The van der Waals surface area contributed by atoms with E-state index in [4.69, 9.17) is 10.00 Å². The molecule has 9 heteroatoms. The Morgan fingerprint density at radius 2 is 1.88 bits per heavy atom. The summed E-state index contributed by atoms with van der Waals surface area (Å²) in [6.45, 7) is 2.24. The van der Waals surface area contributed by atoms with Crippen LogP contribution < -0.4 is 15.5 Å². The number of rotatable bonds is 8. The van der Waals surface area contributed by atoms with Crippen LogP contribution in [0.25, 0.3) is 0 Å². The molecule has 3 aromatic rings. The van der Waals surface area contributed by atoms with Crippen LogP contribution in [0.1, 0.15) is 24.8 Å². The van der Waals surface area contributed by atoms with E-state index < -0.39 is 0 Å². The molecule has 4 rings (SSSR count). The molecule has 2 heterocycles. The Labute approximate surface area is 192 Å². The highest BCUT2D eigenvalue weighted by atomic mass is 16.5. The summed E-state index contributed by atoms with van der Waals surface area (Å²) >= 11 is 0. The number of aromatic nitrogens is 3. The lowest BCUT2D eigenvalue weighted by Crippen LogP contribution is -2.38. The number of amides is 1. The van der Waals surface area contributed by atoms with Gasteiger partial charge in [-0.05, 0) is 36.6 Å². The molecule has 0 unspecified atom stereocenters. The second kappa shape index (κ2) is 11.0. The van der Waals surface area contributed by atoms with E-state index in [0.717, 1.165) is 31.6 Å². The number of hydrogen-bond donors (Lipinski definition) is 2. The molecule has 1 aliphatic rings. The van der Waals surface area contributed by atoms with Crippen LogP contribution in [0, 0.1) is 11.3 Å². The second-order valence-electron chi connectivity index (χ2n) is 7.68. The van der Waals surface area contributed by atoms with Crippen LogP contribution >= 0.6 is 0 Å². The quantitative estimate of drug-likeness (QED) is 0.542. The molecule has 0 atom stereocenters. The zero-order valence-corrected chi connectivity index (χ0v) is 18.1. The Bertz CT molecular complexity index is 1110. The van der Waals surface area contributed by atoms with E-state index in [1.165, 1.54) is 11.9 Å². The Balaban J connectivity index is 1.31. The fourth-order valence-electron chi connectivity index (χ4n) is 3.59. The fourth-order valence-corrected chi connectivity index (χ4v) is 3.59. The molecule has 1 amide bonds. The molecule has 1 saturated heterocycles. The molecule has 0 saturated carbocycles. The average Bonchev–Trinajstić information content (AvgIpc) is 2.84. The summed E-state index contributed by atoms with van der Waals surface area (Å²) in [6.07, 6.45) is 3.33. The highest BCUT2D eigenvalue weighted by Crippen LogP contribution is 2.22. The minimum absolute atomic E-state index is 0.192. The fraction of sp³-hybridized carbons (Fsp3) is 0.292. The maximum absolute atomic E-state index is 11.6. The van der Waals surface area contributed by atoms with Crippen molar-refractivity contribution < 1.29 is 9.53 Å². The Morgan fingerprint density at radius 3 is 2.67 bits per heavy atom. The number of hydrogen-bond acceptors (Lipinski definition) is 8. The van der Waals surface area contributed by atoms with Gasteiger partial charge >= 0.3 is 0 Å². The van der Waals surface area contributed by atoms with Gasteiger partial charge in [-0.2, -0.15) is 10.2 Å². The van der Waals surface area contributed by atoms with Crippen molar-refractivity contribution in [1.29, 1.82) is 5.26 Å². The summed E-state index contributed by atoms with van der Waals surface area (Å²) in [5.41, 5.74) is 2.49. The number of benzene rings is 2. The maximum atomic E-state index is 11.6. The Morgan fingerprint density at radius 1 is 1.09 bits per heavy atom. The van der Waals surface area contributed by atoms with Gasteiger partial charge in [0.2, 0.25) is 17.8 Å². The predicted octanol–water partition coefficient (Wildman–Crippen LogP) is 3.65. The first-order valence-electron chi connectivity index (χ1n) is 10.8. The first-order chi connectivity index (χ1) is 16.2. The van der Waals surface area contributed by atoms with Gasteiger partial charge in [0.25, 0.3) is 0 Å². The van der Waals surface area contributed by atoms with Crippen LogP contribution in [-0.2, 0) is 16.1 Å². The molecule has 1 aromatic heterocycles. The van der Waals surface area contributed by atoms with E-state index in [1.54, 1.807) is 18.2 Å². The monoisotopic (exact) mass is 443 g/mol. The minimum Gasteiger partial charge on any atom is -0.373 e. The SMILES string of the molecule is N#CCC(=O)Nc1cccc(Nc2ncnc(N3CCC(OCc4ccccc4)CC3)n2)c1. The molecule has 1 fully saturated rings. The summed E-state index contributed by atoms with van der Waals surface area (Å²) < 4.78 is 6.07. The highest BCUT2D eigenvalue weighted by Gasteiger charge is 2.22. The Hall–Kier alpha value is -4.03. The summed E-state index contributed by atoms with van der Waals surface area (Å²) in [5.74, 6) is 0.684. The molecule has 1 aliphatic heterocycles. The molecule has 0 bridgehead atoms. The molecule has 0 radical (unpaired) electrons. The van der Waals surface area contributed by atoms with Gasteiger partial charge in [-0.3, -0.25) is 4.79 Å². The molecular formula is C24H25N7O2. The van der Waals surface area contributed by atoms with E-state index in [1.807, 2.05) is 30.3 Å². The lowest BCUT2D eigenvalue weighted by Gasteiger charge is -2.31. The van der Waals surface area contributed by atoms with Crippen molar-refractivity contribution in [2.24, 2.45) is 0 Å². The number of anilines is 4. The van der Waals surface area contributed by atoms with Gasteiger partial charge in [-0.25, -0.2) is 9.97 Å². The number of nitriles is 1. The summed E-state index contributed by atoms with van der Waals surface area (Å²) in [7, 11) is 0. The lowest BCUT2D eigenvalue weighted by atomic mass is 10.1. The third kappa shape index (κ3) is 6.48. The van der Waals surface area contributed by atoms with E-state index in [-0.39, 0.29) is 18.4 Å². The van der Waals surface area contributed by atoms with Crippen LogP contribution in [0.2, 0.25) is 0 Å². The summed E-state index contributed by atoms with van der Waals surface area (Å²) in [5, 5.41) is 14.5. The van der Waals surface area contributed by atoms with Gasteiger partial charge in [-0.15, -0.1) is 0 Å². The van der Waals surface area contributed by atoms with Crippen molar-refractivity contribution in [1.82, 2.24) is 15.0 Å². The standard InChI is InChI=1S/C24H25N7O2/c25-12-9-22(32)28-19-7-4-8-20(15-19)29-23-26-17-27-24(30-23)31-13-10-21(11-14-31)33-16-18-5-2-1-3-6-18/h1-8,15,17,21H,9-11,13-14,16H2,(H,28,32)(H,26,27,29,30). The molecule has 2 N–H and O–H groups in total. The minimum atomic E-state index is -0.353. The molecule has 33 heavy (non-hydrogen) atoms. The van der Waals surface area contributed by atoms with Crippen molar-refractivity contribution in [2.75, 3.05) is 28.6 Å². The zero-order valence-electron chi connectivity index (χ0n) is 18.1. The molecule has 168 valence electrons.